The highest BCUT2D eigenvalue weighted by Crippen LogP contribution is 2.27. The zero-order valence-corrected chi connectivity index (χ0v) is 12.8. The average molecular weight is 317 g/mol. The van der Waals surface area contributed by atoms with Gasteiger partial charge < -0.3 is 4.57 Å². The smallest absolute Gasteiger partial charge is 0.329 e. The van der Waals surface area contributed by atoms with Crippen molar-refractivity contribution in [1.29, 1.82) is 0 Å². The molecule has 0 N–H and O–H groups in total. The molecule has 0 atom stereocenters. The number of aromatic nitrogens is 4. The van der Waals surface area contributed by atoms with Crippen molar-refractivity contribution in [1.82, 2.24) is 19.1 Å². The maximum atomic E-state index is 12.3. The van der Waals surface area contributed by atoms with Crippen LogP contribution in [0.25, 0.3) is 22.8 Å². The minimum Gasteiger partial charge on any atom is -0.329 e. The summed E-state index contributed by atoms with van der Waals surface area (Å²) in [5.41, 5.74) is 0.387. The molecule has 22 heavy (non-hydrogen) atoms. The van der Waals surface area contributed by atoms with E-state index in [1.807, 2.05) is 25.1 Å². The van der Waals surface area contributed by atoms with Crippen LogP contribution in [0.3, 0.4) is 0 Å². The van der Waals surface area contributed by atoms with E-state index in [1.165, 1.54) is 7.05 Å². The van der Waals surface area contributed by atoms with Gasteiger partial charge in [0.05, 0.1) is 10.7 Å². The van der Waals surface area contributed by atoms with E-state index in [1.54, 1.807) is 16.8 Å². The van der Waals surface area contributed by atoms with Gasteiger partial charge in [0.2, 0.25) is 0 Å². The van der Waals surface area contributed by atoms with Gasteiger partial charge in [-0.1, -0.05) is 29.8 Å². The Labute approximate surface area is 131 Å². The molecule has 0 unspecified atom stereocenters. The molecular weight excluding hydrogens is 304 g/mol. The van der Waals surface area contributed by atoms with Gasteiger partial charge in [-0.3, -0.25) is 9.36 Å². The van der Waals surface area contributed by atoms with E-state index in [9.17, 15) is 9.59 Å². The maximum absolute atomic E-state index is 12.3. The van der Waals surface area contributed by atoms with Gasteiger partial charge in [0.15, 0.2) is 11.5 Å². The van der Waals surface area contributed by atoms with Crippen LogP contribution in [0, 0.1) is 0 Å². The van der Waals surface area contributed by atoms with E-state index in [2.05, 4.69) is 9.97 Å². The summed E-state index contributed by atoms with van der Waals surface area (Å²) in [5, 5.41) is 0.544. The van der Waals surface area contributed by atoms with Crippen LogP contribution < -0.4 is 11.2 Å². The molecule has 2 aliphatic rings. The first kappa shape index (κ1) is 14.5. The summed E-state index contributed by atoms with van der Waals surface area (Å²) in [7, 11) is 1.39. The lowest BCUT2D eigenvalue weighted by molar-refractivity contribution is 0.698. The van der Waals surface area contributed by atoms with Crippen molar-refractivity contribution in [2.24, 2.45) is 7.05 Å². The molecule has 0 saturated carbocycles. The SMILES string of the molecule is CCn1cc(-c2ccccc2Cl)nc2c(=O)n(C)c(=O)nc1-2. The number of nitrogens with zero attached hydrogens (tertiary/aromatic N) is 4. The third kappa shape index (κ3) is 2.21. The van der Waals surface area contributed by atoms with Crippen LogP contribution in [-0.2, 0) is 13.6 Å². The lowest BCUT2D eigenvalue weighted by Gasteiger charge is -2.15. The van der Waals surface area contributed by atoms with E-state index < -0.39 is 11.2 Å². The van der Waals surface area contributed by atoms with Crippen LogP contribution in [0.4, 0.5) is 0 Å². The number of fused-ring (bicyclic) bond motifs is 1. The topological polar surface area (TPSA) is 69.8 Å². The molecule has 0 radical (unpaired) electrons. The van der Waals surface area contributed by atoms with E-state index in [0.717, 1.165) is 10.1 Å². The normalized spacial score (nSPS) is 11.0. The average Bonchev–Trinajstić information content (AvgIpc) is 2.52. The molecule has 0 amide bonds. The molecule has 6 nitrogen and oxygen atoms in total. The molecule has 112 valence electrons. The van der Waals surface area contributed by atoms with Crippen molar-refractivity contribution in [2.45, 2.75) is 13.5 Å². The summed E-state index contributed by atoms with van der Waals surface area (Å²) >= 11 is 6.20. The van der Waals surface area contributed by atoms with Gasteiger partial charge in [-0.2, -0.15) is 4.98 Å². The fourth-order valence-electron chi connectivity index (χ4n) is 2.26. The Hall–Kier alpha value is -2.47. The number of aryl methyl sites for hydroxylation is 1. The monoisotopic (exact) mass is 316 g/mol. The predicted molar refractivity (Wildman–Crippen MR) is 84.3 cm³/mol. The van der Waals surface area contributed by atoms with E-state index in [0.29, 0.717) is 17.3 Å². The highest BCUT2D eigenvalue weighted by atomic mass is 35.5. The third-order valence-electron chi connectivity index (χ3n) is 3.48. The molecule has 2 aliphatic heterocycles. The molecule has 0 spiro atoms. The molecule has 0 aliphatic carbocycles. The van der Waals surface area contributed by atoms with Crippen molar-refractivity contribution in [2.75, 3.05) is 0 Å². The second kappa shape index (κ2) is 5.38. The molecule has 0 saturated heterocycles. The third-order valence-corrected chi connectivity index (χ3v) is 3.81. The molecular formula is C15H13ClN4O2. The minimum absolute atomic E-state index is 0.154. The van der Waals surface area contributed by atoms with Gasteiger partial charge in [0.25, 0.3) is 5.56 Å². The molecule has 3 rings (SSSR count). The van der Waals surface area contributed by atoms with Gasteiger partial charge in [-0.25, -0.2) is 9.78 Å². The van der Waals surface area contributed by atoms with Crippen LogP contribution in [0.5, 0.6) is 0 Å². The van der Waals surface area contributed by atoms with Crippen molar-refractivity contribution >= 4 is 11.6 Å². The number of benzene rings is 1. The Morgan fingerprint density at radius 1 is 1.18 bits per heavy atom. The van der Waals surface area contributed by atoms with Gasteiger partial charge in [-0.15, -0.1) is 0 Å². The summed E-state index contributed by atoms with van der Waals surface area (Å²) in [5.74, 6) is 0.284. The van der Waals surface area contributed by atoms with Crippen molar-refractivity contribution in [3.63, 3.8) is 0 Å². The molecule has 0 aromatic heterocycles. The van der Waals surface area contributed by atoms with Crippen LogP contribution in [0.1, 0.15) is 6.92 Å². The first-order valence-corrected chi connectivity index (χ1v) is 7.14. The summed E-state index contributed by atoms with van der Waals surface area (Å²) < 4.78 is 2.68. The molecule has 0 bridgehead atoms. The Bertz CT molecular complexity index is 945. The Morgan fingerprint density at radius 3 is 2.59 bits per heavy atom. The standard InChI is InChI=1S/C15H13ClN4O2/c1-3-20-8-11(9-6-4-5-7-10(9)16)17-12-13(20)18-15(22)19(2)14(12)21/h4-8H,3H2,1-2H3. The van der Waals surface area contributed by atoms with E-state index in [-0.39, 0.29) is 11.5 Å². The second-order valence-corrected chi connectivity index (χ2v) is 5.23. The number of rotatable bonds is 2. The summed E-state index contributed by atoms with van der Waals surface area (Å²) in [6.07, 6.45) is 1.75. The van der Waals surface area contributed by atoms with Crippen molar-refractivity contribution in [3.05, 3.63) is 56.3 Å². The quantitative estimate of drug-likeness (QED) is 0.722. The maximum Gasteiger partial charge on any atom is 0.352 e. The summed E-state index contributed by atoms with van der Waals surface area (Å²) in [6, 6.07) is 7.26. The summed E-state index contributed by atoms with van der Waals surface area (Å²) in [4.78, 5) is 32.3. The molecule has 1 aromatic rings. The van der Waals surface area contributed by atoms with Gasteiger partial charge in [0, 0.05) is 25.4 Å². The van der Waals surface area contributed by atoms with Crippen molar-refractivity contribution in [3.8, 4) is 22.8 Å². The number of hydrogen-bond donors (Lipinski definition) is 0. The lowest BCUT2D eigenvalue weighted by atomic mass is 10.1. The van der Waals surface area contributed by atoms with E-state index >= 15 is 0 Å². The van der Waals surface area contributed by atoms with Gasteiger partial charge >= 0.3 is 5.69 Å². The Kier molecular flexibility index (Phi) is 3.54. The van der Waals surface area contributed by atoms with Gasteiger partial charge in [-0.05, 0) is 13.0 Å². The zero-order valence-electron chi connectivity index (χ0n) is 12.1. The van der Waals surface area contributed by atoms with Crippen LogP contribution >= 0.6 is 11.6 Å². The first-order chi connectivity index (χ1) is 10.5. The highest BCUT2D eigenvalue weighted by Gasteiger charge is 2.19. The second-order valence-electron chi connectivity index (χ2n) is 4.82. The molecule has 0 fully saturated rings. The molecule has 1 aromatic carbocycles. The minimum atomic E-state index is -0.591. The fraction of sp³-hybridized carbons (Fsp3) is 0.200. The Balaban J connectivity index is 2.41. The van der Waals surface area contributed by atoms with Crippen LogP contribution in [-0.4, -0.2) is 19.1 Å². The highest BCUT2D eigenvalue weighted by molar-refractivity contribution is 6.33. The van der Waals surface area contributed by atoms with Gasteiger partial charge in [0.1, 0.15) is 0 Å². The van der Waals surface area contributed by atoms with E-state index in [4.69, 9.17) is 11.6 Å². The molecule has 2 heterocycles. The van der Waals surface area contributed by atoms with Crippen molar-refractivity contribution < 1.29 is 0 Å². The fourth-order valence-corrected chi connectivity index (χ4v) is 2.49. The molecule has 7 heteroatoms. The first-order valence-electron chi connectivity index (χ1n) is 6.76. The van der Waals surface area contributed by atoms with Crippen LogP contribution in [0.15, 0.2) is 40.1 Å². The zero-order chi connectivity index (χ0) is 15.9. The number of hydrogen-bond acceptors (Lipinski definition) is 4. The Morgan fingerprint density at radius 2 is 1.91 bits per heavy atom. The predicted octanol–water partition coefficient (Wildman–Crippen LogP) is 1.78. The lowest BCUT2D eigenvalue weighted by Crippen LogP contribution is -2.36. The number of halogens is 1. The van der Waals surface area contributed by atoms with Crippen LogP contribution in [0.2, 0.25) is 5.02 Å². The summed E-state index contributed by atoms with van der Waals surface area (Å²) in [6.45, 7) is 2.45. The largest absolute Gasteiger partial charge is 0.352 e.